The number of rotatable bonds is 15. The van der Waals surface area contributed by atoms with Gasteiger partial charge in [-0.2, -0.15) is 0 Å². The van der Waals surface area contributed by atoms with Crippen LogP contribution in [0.3, 0.4) is 0 Å². The van der Waals surface area contributed by atoms with E-state index in [1.807, 2.05) is 0 Å². The van der Waals surface area contributed by atoms with Gasteiger partial charge < -0.3 is 114 Å². The molecular weight excluding hydrogens is 854 g/mol. The lowest BCUT2D eigenvalue weighted by atomic mass is 9.94. The molecule has 0 bridgehead atoms. The Labute approximate surface area is 363 Å². The average Bonchev–Trinajstić information content (AvgIpc) is 3.22. The fourth-order valence-electron chi connectivity index (χ4n) is 7.87. The second-order valence-electron chi connectivity index (χ2n) is 16.1. The number of carbonyl (C=O) groups excluding carboxylic acids is 2. The van der Waals surface area contributed by atoms with Gasteiger partial charge in [-0.15, -0.1) is 0 Å². The summed E-state index contributed by atoms with van der Waals surface area (Å²) in [4.78, 5) is 24.9. The lowest BCUT2D eigenvalue weighted by Crippen LogP contribution is -2.70. The predicted octanol–water partition coefficient (Wildman–Crippen LogP) is -6.06. The van der Waals surface area contributed by atoms with E-state index in [2.05, 4.69) is 5.32 Å². The Morgan fingerprint density at radius 1 is 0.508 bits per heavy atom. The van der Waals surface area contributed by atoms with Gasteiger partial charge in [0.25, 0.3) is 0 Å². The molecule has 25 nitrogen and oxygen atoms in total. The van der Waals surface area contributed by atoms with E-state index in [1.54, 1.807) is 6.92 Å². The zero-order valence-electron chi connectivity index (χ0n) is 35.0. The molecule has 5 fully saturated rings. The maximum Gasteiger partial charge on any atom is 0.303 e. The Kier molecular flexibility index (Phi) is 19.8. The van der Waals surface area contributed by atoms with Crippen molar-refractivity contribution in [3.8, 4) is 0 Å². The van der Waals surface area contributed by atoms with Gasteiger partial charge in [0.2, 0.25) is 5.91 Å². The van der Waals surface area contributed by atoms with Crippen molar-refractivity contribution in [2.45, 2.75) is 209 Å². The maximum absolute atomic E-state index is 12.8. The molecule has 5 aliphatic rings. The van der Waals surface area contributed by atoms with E-state index in [0.717, 1.165) is 13.8 Å². The molecule has 10 unspecified atom stereocenters. The third-order valence-electron chi connectivity index (χ3n) is 11.4. The predicted molar refractivity (Wildman–Crippen MR) is 204 cm³/mol. The minimum Gasteiger partial charge on any atom is -0.454 e. The van der Waals surface area contributed by atoms with E-state index in [4.69, 9.17) is 52.1 Å². The molecule has 0 aromatic carbocycles. The highest BCUT2D eigenvalue weighted by Crippen LogP contribution is 2.37. The van der Waals surface area contributed by atoms with Gasteiger partial charge >= 0.3 is 5.97 Å². The Balaban J connectivity index is 0.00000871. The Morgan fingerprint density at radius 3 is 1.54 bits per heavy atom. The summed E-state index contributed by atoms with van der Waals surface area (Å²) in [5.41, 5.74) is 0. The Bertz CT molecular complexity index is 1430. The fraction of sp³-hybridized carbons (Fsp3) is 0.947. The first-order valence-corrected chi connectivity index (χ1v) is 20.5. The zero-order chi connectivity index (χ0) is 45.9. The van der Waals surface area contributed by atoms with Gasteiger partial charge in [-0.05, 0) is 27.2 Å². The quantitative estimate of drug-likeness (QED) is 0.0680. The maximum atomic E-state index is 12.8. The Morgan fingerprint density at radius 2 is 0.984 bits per heavy atom. The van der Waals surface area contributed by atoms with Gasteiger partial charge in [-0.1, -0.05) is 14.4 Å². The van der Waals surface area contributed by atoms with Crippen molar-refractivity contribution in [3.05, 3.63) is 0 Å². The highest BCUT2D eigenvalue weighted by molar-refractivity contribution is 5.73. The minimum atomic E-state index is -2.00. The smallest absolute Gasteiger partial charge is 0.303 e. The fourth-order valence-corrected chi connectivity index (χ4v) is 7.87. The molecule has 0 aliphatic carbocycles. The molecule has 63 heavy (non-hydrogen) atoms. The molecule has 1 amide bonds. The summed E-state index contributed by atoms with van der Waals surface area (Å²) in [5.74, 6) is -1.68. The summed E-state index contributed by atoms with van der Waals surface area (Å²) in [7, 11) is 0. The summed E-state index contributed by atoms with van der Waals surface area (Å²) >= 11 is 0. The molecule has 368 valence electrons. The van der Waals surface area contributed by atoms with Gasteiger partial charge in [-0.25, -0.2) is 0 Å². The number of hydrogen-bond acceptors (Lipinski definition) is 24. The van der Waals surface area contributed by atoms with E-state index < -0.39 is 179 Å². The van der Waals surface area contributed by atoms with Crippen LogP contribution in [-0.4, -0.2) is 241 Å². The largest absolute Gasteiger partial charge is 0.454 e. The monoisotopic (exact) mass is 921 g/mol. The van der Waals surface area contributed by atoms with Crippen LogP contribution >= 0.6 is 0 Å². The first kappa shape index (κ1) is 53.7. The number of esters is 1. The number of carbonyl (C=O) groups is 2. The van der Waals surface area contributed by atoms with Gasteiger partial charge in [0.15, 0.2) is 37.6 Å². The number of nitrogens with one attached hydrogen (secondary N) is 1. The molecule has 0 radical (unpaired) electrons. The molecule has 0 aromatic rings. The van der Waals surface area contributed by atoms with Crippen molar-refractivity contribution in [1.29, 1.82) is 0 Å². The molecule has 5 aliphatic heterocycles. The number of hydrogen-bond donors (Lipinski definition) is 12. The lowest BCUT2D eigenvalue weighted by Gasteiger charge is -2.51. The first-order chi connectivity index (χ1) is 29.2. The molecule has 0 aromatic heterocycles. The topological polar surface area (TPSA) is 370 Å². The molecule has 25 atom stereocenters. The molecule has 5 heterocycles. The Hall–Kier alpha value is -1.90. The van der Waals surface area contributed by atoms with E-state index in [1.165, 1.54) is 20.8 Å². The molecule has 12 N–H and O–H groups in total. The second-order valence-corrected chi connectivity index (χ2v) is 16.1. The third-order valence-corrected chi connectivity index (χ3v) is 11.4. The van der Waals surface area contributed by atoms with Gasteiger partial charge in [0, 0.05) is 20.5 Å². The summed E-state index contributed by atoms with van der Waals surface area (Å²) < 4.78 is 65.1. The van der Waals surface area contributed by atoms with Crippen LogP contribution < -0.4 is 5.32 Å². The summed E-state index contributed by atoms with van der Waals surface area (Å²) in [6.45, 7) is 6.49. The number of aliphatic hydroxyl groups is 11. The van der Waals surface area contributed by atoms with Crippen LogP contribution in [0, 0.1) is 0 Å². The van der Waals surface area contributed by atoms with E-state index in [9.17, 15) is 65.8 Å². The highest BCUT2D eigenvalue weighted by atomic mass is 16.8. The summed E-state index contributed by atoms with van der Waals surface area (Å²) in [5, 5.41) is 122. The zero-order valence-corrected chi connectivity index (χ0v) is 35.0. The number of amides is 1. The van der Waals surface area contributed by atoms with Crippen molar-refractivity contribution in [1.82, 2.24) is 5.32 Å². The molecular formula is C38H67NO24. The second kappa shape index (κ2) is 23.2. The van der Waals surface area contributed by atoms with Crippen molar-refractivity contribution < 1.29 is 118 Å². The highest BCUT2D eigenvalue weighted by Gasteiger charge is 2.58. The van der Waals surface area contributed by atoms with E-state index in [0.29, 0.717) is 6.42 Å². The number of aliphatic hydroxyl groups excluding tert-OH is 11. The van der Waals surface area contributed by atoms with Crippen LogP contribution in [-0.2, 0) is 61.7 Å². The third kappa shape index (κ3) is 12.0. The minimum absolute atomic E-state index is 0. The standard InChI is InChI=1S/C37H63NO24.CH4/c1-7-8-52-35-30(25(49)19(43)11(2)53-35)61-37-32(29(21(45)13(4)55-37)60-34-27(51)24(48)22(46)16(9-39)58-34)62-33-18(38-14(5)41)28(23(47)17(10-40)57-33)59-36-31(56-15(6)42)26(50)20(44)12(3)54-36;/h11-13,16-37,39-40,43-51H,7-10H2,1-6H3,(H,38,41);1H4/t11?,12?,13?,16-,17?,18-,19-,20-,21-,22+,23+,24?,25-,26-,27?,28?,29-,30?,31?,32?,33-,34+,35+,36-,37-;/m0./s1. The molecule has 25 heteroatoms. The van der Waals surface area contributed by atoms with Crippen LogP contribution in [0.25, 0.3) is 0 Å². The lowest BCUT2D eigenvalue weighted by molar-refractivity contribution is -0.405. The van der Waals surface area contributed by atoms with Gasteiger partial charge in [0.05, 0.1) is 31.5 Å². The van der Waals surface area contributed by atoms with Crippen LogP contribution in [0.1, 0.15) is 55.4 Å². The average molecular weight is 922 g/mol. The molecule has 0 saturated carbocycles. The molecule has 5 saturated heterocycles. The van der Waals surface area contributed by atoms with E-state index >= 15 is 0 Å². The van der Waals surface area contributed by atoms with Gasteiger partial charge in [0.1, 0.15) is 97.6 Å². The van der Waals surface area contributed by atoms with Crippen LogP contribution in [0.15, 0.2) is 0 Å². The van der Waals surface area contributed by atoms with Crippen molar-refractivity contribution >= 4 is 11.9 Å². The van der Waals surface area contributed by atoms with Gasteiger partial charge in [-0.3, -0.25) is 9.59 Å². The molecule has 5 rings (SSSR count). The van der Waals surface area contributed by atoms with Crippen LogP contribution in [0.4, 0.5) is 0 Å². The normalized spacial score (nSPS) is 48.2. The van der Waals surface area contributed by atoms with Crippen molar-refractivity contribution in [3.63, 3.8) is 0 Å². The van der Waals surface area contributed by atoms with Crippen molar-refractivity contribution in [2.75, 3.05) is 19.8 Å². The van der Waals surface area contributed by atoms with Crippen LogP contribution in [0.2, 0.25) is 0 Å². The summed E-state index contributed by atoms with van der Waals surface area (Å²) in [6, 6.07) is -1.65. The number of ether oxygens (including phenoxy) is 11. The molecule has 0 spiro atoms. The van der Waals surface area contributed by atoms with E-state index in [-0.39, 0.29) is 14.0 Å². The summed E-state index contributed by atoms with van der Waals surface area (Å²) in [6.07, 6.45) is -39.1. The first-order valence-electron chi connectivity index (χ1n) is 20.5. The van der Waals surface area contributed by atoms with Crippen LogP contribution in [0.5, 0.6) is 0 Å². The SMILES string of the molecule is C.CCCO[C@@H]1OC(C)[C@H](O)[C@H](O)C1O[C@@H]1OC(C)[C@H](O)[C@H](O[C@H]2O[C@@H](CO)[C@@H](O)C(O)C2O)C1O[C@@H]1OC(CO)[C@@H](O)C(O[C@@H]2OC(C)[C@H](O)[C@H](O)C2OC(C)=O)[C@@H]1NC(C)=O. The van der Waals surface area contributed by atoms with Crippen molar-refractivity contribution in [2.24, 2.45) is 0 Å².